The first kappa shape index (κ1) is 10.7. The fourth-order valence-corrected chi connectivity index (χ4v) is 0.982. The van der Waals surface area contributed by atoms with Crippen LogP contribution in [0.3, 0.4) is 0 Å². The molecule has 72 valence electrons. The van der Waals surface area contributed by atoms with E-state index in [-0.39, 0.29) is 5.78 Å². The second kappa shape index (κ2) is 5.41. The van der Waals surface area contributed by atoms with Gasteiger partial charge < -0.3 is 0 Å². The van der Waals surface area contributed by atoms with Crippen molar-refractivity contribution < 1.29 is 4.79 Å². The second-order valence-electron chi connectivity index (χ2n) is 2.73. The van der Waals surface area contributed by atoms with Gasteiger partial charge in [0.2, 0.25) is 0 Å². The Bertz CT molecular complexity index is 373. The van der Waals surface area contributed by atoms with Crippen LogP contribution in [-0.4, -0.2) is 16.6 Å². The quantitative estimate of drug-likeness (QED) is 0.423. The van der Waals surface area contributed by atoms with Gasteiger partial charge in [0.25, 0.3) is 0 Å². The minimum absolute atomic E-state index is 0.0368. The highest BCUT2D eigenvalue weighted by atomic mass is 35.5. The molecular formula is C11H10ClNO. The minimum atomic E-state index is -0.0368. The lowest BCUT2D eigenvalue weighted by Gasteiger charge is -1.93. The van der Waals surface area contributed by atoms with Crippen molar-refractivity contribution in [3.63, 3.8) is 0 Å². The number of carbonyl (C=O) groups excluding carboxylic acids is 1. The SMILES string of the molecule is CC(=O)c1ccc(C#CCCCl)cn1. The summed E-state index contributed by atoms with van der Waals surface area (Å²) in [7, 11) is 0. The molecule has 0 saturated carbocycles. The number of aromatic nitrogens is 1. The second-order valence-corrected chi connectivity index (χ2v) is 3.11. The maximum Gasteiger partial charge on any atom is 0.178 e. The van der Waals surface area contributed by atoms with Gasteiger partial charge >= 0.3 is 0 Å². The van der Waals surface area contributed by atoms with Crippen molar-refractivity contribution in [2.45, 2.75) is 13.3 Å². The molecule has 1 aromatic heterocycles. The normalized spacial score (nSPS) is 9.00. The Morgan fingerprint density at radius 2 is 2.36 bits per heavy atom. The Morgan fingerprint density at radius 3 is 2.86 bits per heavy atom. The van der Waals surface area contributed by atoms with E-state index in [1.807, 2.05) is 0 Å². The average Bonchev–Trinajstić information content (AvgIpc) is 2.19. The zero-order valence-corrected chi connectivity index (χ0v) is 8.64. The molecule has 1 rings (SSSR count). The standard InChI is InChI=1S/C11H10ClNO/c1-9(14)11-6-5-10(8-13-11)4-2-3-7-12/h5-6,8H,3,7H2,1H3. The highest BCUT2D eigenvalue weighted by Gasteiger charge is 1.98. The first-order chi connectivity index (χ1) is 6.74. The topological polar surface area (TPSA) is 30.0 Å². The zero-order valence-electron chi connectivity index (χ0n) is 7.88. The maximum absolute atomic E-state index is 10.9. The summed E-state index contributed by atoms with van der Waals surface area (Å²) in [6.07, 6.45) is 2.26. The van der Waals surface area contributed by atoms with Gasteiger partial charge in [0.1, 0.15) is 5.69 Å². The number of hydrogen-bond donors (Lipinski definition) is 0. The summed E-state index contributed by atoms with van der Waals surface area (Å²) in [6.45, 7) is 1.49. The highest BCUT2D eigenvalue weighted by Crippen LogP contribution is 1.99. The molecule has 0 aliphatic rings. The van der Waals surface area contributed by atoms with E-state index < -0.39 is 0 Å². The van der Waals surface area contributed by atoms with Gasteiger partial charge in [0.15, 0.2) is 5.78 Å². The molecule has 2 nitrogen and oxygen atoms in total. The Kier molecular flexibility index (Phi) is 4.15. The number of alkyl halides is 1. The van der Waals surface area contributed by atoms with Gasteiger partial charge in [-0.15, -0.1) is 11.6 Å². The summed E-state index contributed by atoms with van der Waals surface area (Å²) in [4.78, 5) is 14.9. The van der Waals surface area contributed by atoms with Crippen molar-refractivity contribution in [2.75, 3.05) is 5.88 Å². The number of ketones is 1. The number of nitrogens with zero attached hydrogens (tertiary/aromatic N) is 1. The van der Waals surface area contributed by atoms with Crippen molar-refractivity contribution in [3.8, 4) is 11.8 Å². The van der Waals surface area contributed by atoms with Crippen LogP contribution >= 0.6 is 11.6 Å². The van der Waals surface area contributed by atoms with Crippen LogP contribution < -0.4 is 0 Å². The van der Waals surface area contributed by atoms with E-state index in [0.29, 0.717) is 18.0 Å². The Morgan fingerprint density at radius 1 is 1.57 bits per heavy atom. The van der Waals surface area contributed by atoms with Crippen LogP contribution in [-0.2, 0) is 0 Å². The van der Waals surface area contributed by atoms with Crippen LogP contribution in [0.1, 0.15) is 29.4 Å². The summed E-state index contributed by atoms with van der Waals surface area (Å²) < 4.78 is 0. The molecule has 0 radical (unpaired) electrons. The van der Waals surface area contributed by atoms with Crippen LogP contribution in [0.4, 0.5) is 0 Å². The predicted octanol–water partition coefficient (Wildman–Crippen LogP) is 2.26. The van der Waals surface area contributed by atoms with Crippen LogP contribution in [0, 0.1) is 11.8 Å². The third-order valence-electron chi connectivity index (χ3n) is 1.58. The summed E-state index contributed by atoms with van der Waals surface area (Å²) in [5.41, 5.74) is 1.27. The van der Waals surface area contributed by atoms with Gasteiger partial charge in [-0.25, -0.2) is 0 Å². The molecule has 0 spiro atoms. The number of Topliss-reactive ketones (excluding diaryl/α,β-unsaturated/α-hetero) is 1. The number of pyridine rings is 1. The van der Waals surface area contributed by atoms with Crippen molar-refractivity contribution in [3.05, 3.63) is 29.6 Å². The molecule has 14 heavy (non-hydrogen) atoms. The summed E-state index contributed by atoms with van der Waals surface area (Å²) in [5.74, 6) is 6.29. The van der Waals surface area contributed by atoms with Gasteiger partial charge in [-0.05, 0) is 12.1 Å². The molecule has 0 atom stereocenters. The van der Waals surface area contributed by atoms with Crippen molar-refractivity contribution in [2.24, 2.45) is 0 Å². The number of carbonyl (C=O) groups is 1. The lowest BCUT2D eigenvalue weighted by Crippen LogP contribution is -1.95. The first-order valence-corrected chi connectivity index (χ1v) is 4.79. The van der Waals surface area contributed by atoms with E-state index in [0.717, 1.165) is 5.56 Å². The fraction of sp³-hybridized carbons (Fsp3) is 0.273. The van der Waals surface area contributed by atoms with Gasteiger partial charge in [-0.1, -0.05) is 11.8 Å². The van der Waals surface area contributed by atoms with Crippen molar-refractivity contribution >= 4 is 17.4 Å². The van der Waals surface area contributed by atoms with E-state index in [1.165, 1.54) is 6.92 Å². The zero-order chi connectivity index (χ0) is 10.4. The third kappa shape index (κ3) is 3.20. The van der Waals surface area contributed by atoms with E-state index in [9.17, 15) is 4.79 Å². The minimum Gasteiger partial charge on any atom is -0.293 e. The predicted molar refractivity (Wildman–Crippen MR) is 56.5 cm³/mol. The molecule has 1 heterocycles. The number of halogens is 1. The molecule has 3 heteroatoms. The van der Waals surface area contributed by atoms with Crippen LogP contribution in [0.2, 0.25) is 0 Å². The summed E-state index contributed by atoms with van der Waals surface area (Å²) >= 11 is 5.47. The largest absolute Gasteiger partial charge is 0.293 e. The molecule has 0 fully saturated rings. The first-order valence-electron chi connectivity index (χ1n) is 4.26. The van der Waals surface area contributed by atoms with Gasteiger partial charge in [-0.2, -0.15) is 0 Å². The molecule has 0 N–H and O–H groups in total. The molecule has 0 saturated heterocycles. The smallest absolute Gasteiger partial charge is 0.178 e. The molecule has 1 aromatic rings. The monoisotopic (exact) mass is 207 g/mol. The third-order valence-corrected chi connectivity index (χ3v) is 1.77. The Hall–Kier alpha value is -1.33. The molecule has 0 aliphatic carbocycles. The highest BCUT2D eigenvalue weighted by molar-refractivity contribution is 6.18. The van der Waals surface area contributed by atoms with E-state index in [1.54, 1.807) is 18.3 Å². The maximum atomic E-state index is 10.9. The molecule has 0 aliphatic heterocycles. The average molecular weight is 208 g/mol. The van der Waals surface area contributed by atoms with Crippen molar-refractivity contribution in [1.82, 2.24) is 4.98 Å². The molecule has 0 bridgehead atoms. The number of hydrogen-bond acceptors (Lipinski definition) is 2. The summed E-state index contributed by atoms with van der Waals surface area (Å²) in [5, 5.41) is 0. The fourth-order valence-electron chi connectivity index (χ4n) is 0.888. The Balaban J connectivity index is 2.75. The molecular weight excluding hydrogens is 198 g/mol. The van der Waals surface area contributed by atoms with Crippen LogP contribution in [0.5, 0.6) is 0 Å². The molecule has 0 aromatic carbocycles. The van der Waals surface area contributed by atoms with Gasteiger partial charge in [0, 0.05) is 31.0 Å². The van der Waals surface area contributed by atoms with Gasteiger partial charge in [0.05, 0.1) is 0 Å². The lowest BCUT2D eigenvalue weighted by molar-refractivity contribution is 0.101. The molecule has 0 amide bonds. The lowest BCUT2D eigenvalue weighted by atomic mass is 10.2. The van der Waals surface area contributed by atoms with Crippen molar-refractivity contribution in [1.29, 1.82) is 0 Å². The van der Waals surface area contributed by atoms with Crippen LogP contribution in [0.25, 0.3) is 0 Å². The molecule has 0 unspecified atom stereocenters. The van der Waals surface area contributed by atoms with Crippen LogP contribution in [0.15, 0.2) is 18.3 Å². The Labute approximate surface area is 88.3 Å². The number of rotatable bonds is 2. The van der Waals surface area contributed by atoms with Gasteiger partial charge in [-0.3, -0.25) is 9.78 Å². The van der Waals surface area contributed by atoms with E-state index in [4.69, 9.17) is 11.6 Å². The summed E-state index contributed by atoms with van der Waals surface area (Å²) in [6, 6.07) is 3.46. The van der Waals surface area contributed by atoms with E-state index in [2.05, 4.69) is 16.8 Å². The van der Waals surface area contributed by atoms with E-state index >= 15 is 0 Å².